The summed E-state index contributed by atoms with van der Waals surface area (Å²) in [6.07, 6.45) is 6.38. The molecule has 0 radical (unpaired) electrons. The molecule has 2 aliphatic rings. The zero-order valence-corrected chi connectivity index (χ0v) is 22.2. The summed E-state index contributed by atoms with van der Waals surface area (Å²) in [4.78, 5) is 7.49. The number of thioether (sulfide) groups is 1. The second kappa shape index (κ2) is 11.4. The van der Waals surface area contributed by atoms with Gasteiger partial charge >= 0.3 is 0 Å². The molecule has 0 atom stereocenters. The number of nitrogens with zero attached hydrogens (tertiary/aromatic N) is 2. The van der Waals surface area contributed by atoms with Crippen LogP contribution in [-0.2, 0) is 16.4 Å². The monoisotopic (exact) mass is 566 g/mol. The summed E-state index contributed by atoms with van der Waals surface area (Å²) in [5, 5.41) is 6.95. The number of hydrogen-bond donors (Lipinski definition) is 2. The first kappa shape index (κ1) is 25.7. The van der Waals surface area contributed by atoms with E-state index in [9.17, 15) is 8.42 Å². The van der Waals surface area contributed by atoms with Crippen molar-refractivity contribution in [3.05, 3.63) is 29.3 Å². The molecule has 0 spiro atoms. The van der Waals surface area contributed by atoms with E-state index in [1.165, 1.54) is 56.5 Å². The zero-order chi connectivity index (χ0) is 20.9. The first-order valence-corrected chi connectivity index (χ1v) is 13.5. The first-order valence-electron chi connectivity index (χ1n) is 10.4. The first-order chi connectivity index (χ1) is 13.8. The Bertz CT molecular complexity index is 833. The number of hydrogen-bond acceptors (Lipinski definition) is 5. The molecule has 1 saturated heterocycles. The molecule has 170 valence electrons. The van der Waals surface area contributed by atoms with Gasteiger partial charge in [0.25, 0.3) is 0 Å². The summed E-state index contributed by atoms with van der Waals surface area (Å²) in [6, 6.07) is 5.49. The van der Waals surface area contributed by atoms with Crippen LogP contribution in [0.5, 0.6) is 0 Å². The van der Waals surface area contributed by atoms with E-state index >= 15 is 0 Å². The lowest BCUT2D eigenvalue weighted by Crippen LogP contribution is -2.57. The SMILES string of the molecule is CN=C(NCc1ccc(S(C)(=O)=O)c(C)c1)NCC1(N2CCSCC2)CCCC1.I. The quantitative estimate of drug-likeness (QED) is 0.314. The van der Waals surface area contributed by atoms with Crippen LogP contribution in [0.15, 0.2) is 28.1 Å². The molecule has 2 fully saturated rings. The number of halogens is 1. The molecule has 30 heavy (non-hydrogen) atoms. The van der Waals surface area contributed by atoms with Crippen LogP contribution in [0, 0.1) is 6.92 Å². The Hall–Kier alpha value is -0.520. The smallest absolute Gasteiger partial charge is 0.191 e. The van der Waals surface area contributed by atoms with E-state index in [4.69, 9.17) is 0 Å². The second-order valence-corrected chi connectivity index (χ2v) is 11.4. The maximum Gasteiger partial charge on any atom is 0.191 e. The van der Waals surface area contributed by atoms with Crippen molar-refractivity contribution in [2.45, 2.75) is 49.6 Å². The topological polar surface area (TPSA) is 73.8 Å². The number of aryl methyl sites for hydroxylation is 1. The van der Waals surface area contributed by atoms with Gasteiger partial charge in [-0.05, 0) is 37.0 Å². The predicted molar refractivity (Wildman–Crippen MR) is 138 cm³/mol. The van der Waals surface area contributed by atoms with E-state index in [1.54, 1.807) is 13.1 Å². The average molecular weight is 567 g/mol. The summed E-state index contributed by atoms with van der Waals surface area (Å²) in [5.74, 6) is 3.27. The molecule has 1 heterocycles. The predicted octanol–water partition coefficient (Wildman–Crippen LogP) is 3.04. The summed E-state index contributed by atoms with van der Waals surface area (Å²) in [7, 11) is -1.39. The molecule has 2 N–H and O–H groups in total. The summed E-state index contributed by atoms with van der Waals surface area (Å²) in [5.41, 5.74) is 2.08. The van der Waals surface area contributed by atoms with Gasteiger partial charge in [0.15, 0.2) is 15.8 Å². The van der Waals surface area contributed by atoms with Gasteiger partial charge in [0.2, 0.25) is 0 Å². The van der Waals surface area contributed by atoms with Crippen molar-refractivity contribution < 1.29 is 8.42 Å². The number of rotatable bonds is 6. The minimum atomic E-state index is -3.18. The van der Waals surface area contributed by atoms with Crippen LogP contribution >= 0.6 is 35.7 Å². The molecule has 9 heteroatoms. The highest BCUT2D eigenvalue weighted by atomic mass is 127. The second-order valence-electron chi connectivity index (χ2n) is 8.18. The van der Waals surface area contributed by atoms with E-state index in [0.717, 1.165) is 23.6 Å². The molecule has 6 nitrogen and oxygen atoms in total. The lowest BCUT2D eigenvalue weighted by atomic mass is 9.94. The molecule has 0 unspecified atom stereocenters. The van der Waals surface area contributed by atoms with Crippen molar-refractivity contribution in [3.8, 4) is 0 Å². The van der Waals surface area contributed by atoms with Crippen LogP contribution in [0.4, 0.5) is 0 Å². The van der Waals surface area contributed by atoms with Crippen LogP contribution in [0.2, 0.25) is 0 Å². The van der Waals surface area contributed by atoms with Crippen molar-refractivity contribution in [2.75, 3.05) is 44.4 Å². The minimum absolute atomic E-state index is 0. The molecular formula is C21H35IN4O2S2. The van der Waals surface area contributed by atoms with Crippen molar-refractivity contribution in [3.63, 3.8) is 0 Å². The molecular weight excluding hydrogens is 531 g/mol. The highest BCUT2D eigenvalue weighted by Gasteiger charge is 2.39. The summed E-state index contributed by atoms with van der Waals surface area (Å²) >= 11 is 2.06. The molecule has 0 amide bonds. The zero-order valence-electron chi connectivity index (χ0n) is 18.2. The van der Waals surface area contributed by atoms with Gasteiger partial charge in [-0.2, -0.15) is 11.8 Å². The average Bonchev–Trinajstić information content (AvgIpc) is 3.18. The van der Waals surface area contributed by atoms with E-state index in [1.807, 2.05) is 19.1 Å². The van der Waals surface area contributed by atoms with Gasteiger partial charge in [-0.3, -0.25) is 9.89 Å². The fraction of sp³-hybridized carbons (Fsp3) is 0.667. The van der Waals surface area contributed by atoms with Gasteiger partial charge in [0.1, 0.15) is 0 Å². The molecule has 1 aliphatic carbocycles. The Labute approximate surface area is 203 Å². The summed E-state index contributed by atoms with van der Waals surface area (Å²) < 4.78 is 23.6. The summed E-state index contributed by atoms with van der Waals surface area (Å²) in [6.45, 7) is 5.74. The van der Waals surface area contributed by atoms with Crippen molar-refractivity contribution >= 4 is 51.5 Å². The third-order valence-corrected chi connectivity index (χ3v) is 8.32. The maximum atomic E-state index is 11.8. The maximum absolute atomic E-state index is 11.8. The van der Waals surface area contributed by atoms with Crippen LogP contribution in [0.25, 0.3) is 0 Å². The van der Waals surface area contributed by atoms with E-state index in [0.29, 0.717) is 11.4 Å². The van der Waals surface area contributed by atoms with E-state index < -0.39 is 9.84 Å². The normalized spacial score (nSPS) is 19.9. The fourth-order valence-corrected chi connectivity index (χ4v) is 6.43. The molecule has 1 aromatic carbocycles. The van der Waals surface area contributed by atoms with Crippen molar-refractivity contribution in [2.24, 2.45) is 4.99 Å². The number of guanidine groups is 1. The lowest BCUT2D eigenvalue weighted by Gasteiger charge is -2.43. The molecule has 0 aromatic heterocycles. The number of benzene rings is 1. The Balaban J connectivity index is 0.00000320. The van der Waals surface area contributed by atoms with Crippen LogP contribution in [0.3, 0.4) is 0 Å². The Morgan fingerprint density at radius 2 is 1.87 bits per heavy atom. The molecule has 0 bridgehead atoms. The van der Waals surface area contributed by atoms with Gasteiger partial charge < -0.3 is 10.6 Å². The Kier molecular flexibility index (Phi) is 9.76. The Morgan fingerprint density at radius 3 is 2.43 bits per heavy atom. The number of sulfone groups is 1. The number of aliphatic imine (C=N–C) groups is 1. The third-order valence-electron chi connectivity index (χ3n) is 6.12. The highest BCUT2D eigenvalue weighted by Crippen LogP contribution is 2.36. The van der Waals surface area contributed by atoms with Gasteiger partial charge in [-0.15, -0.1) is 24.0 Å². The minimum Gasteiger partial charge on any atom is -0.355 e. The van der Waals surface area contributed by atoms with Crippen LogP contribution in [-0.4, -0.2) is 69.3 Å². The van der Waals surface area contributed by atoms with Crippen molar-refractivity contribution in [1.29, 1.82) is 0 Å². The largest absolute Gasteiger partial charge is 0.355 e. The van der Waals surface area contributed by atoms with Crippen molar-refractivity contribution in [1.82, 2.24) is 15.5 Å². The molecule has 1 aromatic rings. The standard InChI is InChI=1S/C21H34N4O2S2.HI/c1-17-14-18(6-7-19(17)29(3,26)27)15-23-20(22-2)24-16-21(8-4-5-9-21)25-10-12-28-13-11-25;/h6-7,14H,4-5,8-13,15-16H2,1-3H3,(H2,22,23,24);1H. The van der Waals surface area contributed by atoms with E-state index in [2.05, 4.69) is 32.3 Å². The van der Waals surface area contributed by atoms with E-state index in [-0.39, 0.29) is 29.5 Å². The van der Waals surface area contributed by atoms with Crippen LogP contribution < -0.4 is 10.6 Å². The lowest BCUT2D eigenvalue weighted by molar-refractivity contribution is 0.107. The van der Waals surface area contributed by atoms with Gasteiger partial charge in [0.05, 0.1) is 4.90 Å². The highest BCUT2D eigenvalue weighted by molar-refractivity contribution is 14.0. The van der Waals surface area contributed by atoms with Gasteiger partial charge in [0, 0.05) is 56.5 Å². The molecule has 3 rings (SSSR count). The Morgan fingerprint density at radius 1 is 1.20 bits per heavy atom. The fourth-order valence-electron chi connectivity index (χ4n) is 4.57. The number of nitrogens with one attached hydrogen (secondary N) is 2. The molecule has 1 saturated carbocycles. The van der Waals surface area contributed by atoms with Crippen LogP contribution in [0.1, 0.15) is 36.8 Å². The molecule has 1 aliphatic heterocycles. The van der Waals surface area contributed by atoms with Gasteiger partial charge in [-0.25, -0.2) is 8.42 Å². The van der Waals surface area contributed by atoms with Gasteiger partial charge in [-0.1, -0.05) is 25.0 Å². The third kappa shape index (κ3) is 6.49.